The van der Waals surface area contributed by atoms with Gasteiger partial charge in [-0.3, -0.25) is 14.4 Å². The molecule has 3 rings (SSSR count). The van der Waals surface area contributed by atoms with E-state index in [-0.39, 0.29) is 17.9 Å². The minimum Gasteiger partial charge on any atom is -0.480 e. The Labute approximate surface area is 209 Å². The van der Waals surface area contributed by atoms with E-state index < -0.39 is 30.6 Å². The number of ether oxygens (including phenoxy) is 1. The molecule has 182 valence electrons. The van der Waals surface area contributed by atoms with Gasteiger partial charge in [0.2, 0.25) is 5.91 Å². The van der Waals surface area contributed by atoms with Crippen molar-refractivity contribution in [3.63, 3.8) is 0 Å². The van der Waals surface area contributed by atoms with Gasteiger partial charge >= 0.3 is 5.97 Å². The highest BCUT2D eigenvalue weighted by Gasteiger charge is 2.39. The number of carbonyl (C=O) groups is 3. The molecular formula is C25H28Cl2N2O5. The highest BCUT2D eigenvalue weighted by Crippen LogP contribution is 2.42. The standard InChI is InChI=1S/C25H28Cl2N2O5/c1-15(30)28(13-22(31)32)12-21-24(33)29(14-25(2,3)4)20-10-9-16(26)11-18(20)23(34-21)17-7-5-6-8-19(17)27/h5-11,21,23H,12-14H2,1-4H3,(H,31,32). The molecule has 2 aromatic rings. The molecule has 2 aromatic carbocycles. The van der Waals surface area contributed by atoms with E-state index in [1.165, 1.54) is 6.92 Å². The molecule has 0 bridgehead atoms. The summed E-state index contributed by atoms with van der Waals surface area (Å²) in [6, 6.07) is 12.4. The Balaban J connectivity index is 2.18. The number of anilines is 1. The van der Waals surface area contributed by atoms with Gasteiger partial charge in [0.05, 0.1) is 6.54 Å². The normalized spacial score (nSPS) is 18.3. The van der Waals surface area contributed by atoms with E-state index in [1.54, 1.807) is 41.3 Å². The van der Waals surface area contributed by atoms with E-state index in [1.807, 2.05) is 26.8 Å². The molecule has 0 spiro atoms. The van der Waals surface area contributed by atoms with Crippen molar-refractivity contribution >= 4 is 46.7 Å². The van der Waals surface area contributed by atoms with E-state index in [2.05, 4.69) is 0 Å². The van der Waals surface area contributed by atoms with Gasteiger partial charge in [-0.2, -0.15) is 0 Å². The summed E-state index contributed by atoms with van der Waals surface area (Å²) in [7, 11) is 0. The number of nitrogens with zero attached hydrogens (tertiary/aromatic N) is 2. The molecule has 2 unspecified atom stereocenters. The molecule has 1 N–H and O–H groups in total. The van der Waals surface area contributed by atoms with Crippen LogP contribution in [0.2, 0.25) is 10.0 Å². The number of hydrogen-bond donors (Lipinski definition) is 1. The second-order valence-corrected chi connectivity index (χ2v) is 10.4. The minimum absolute atomic E-state index is 0.218. The van der Waals surface area contributed by atoms with Crippen molar-refractivity contribution < 1.29 is 24.2 Å². The summed E-state index contributed by atoms with van der Waals surface area (Å²) in [5.41, 5.74) is 1.66. The molecule has 1 aliphatic rings. The summed E-state index contributed by atoms with van der Waals surface area (Å²) in [6.07, 6.45) is -1.89. The Kier molecular flexibility index (Phi) is 7.91. The third kappa shape index (κ3) is 6.09. The number of benzene rings is 2. The smallest absolute Gasteiger partial charge is 0.323 e. The van der Waals surface area contributed by atoms with E-state index in [9.17, 15) is 19.5 Å². The van der Waals surface area contributed by atoms with Crippen molar-refractivity contribution in [2.24, 2.45) is 5.41 Å². The van der Waals surface area contributed by atoms with Gasteiger partial charge in [0.1, 0.15) is 12.6 Å². The Bertz CT molecular complexity index is 1100. The zero-order chi connectivity index (χ0) is 25.2. The van der Waals surface area contributed by atoms with Crippen LogP contribution in [0, 0.1) is 5.41 Å². The molecule has 0 aliphatic carbocycles. The summed E-state index contributed by atoms with van der Waals surface area (Å²) in [6.45, 7) is 6.89. The van der Waals surface area contributed by atoms with Crippen LogP contribution in [-0.2, 0) is 19.1 Å². The quantitative estimate of drug-likeness (QED) is 0.608. The molecule has 2 atom stereocenters. The Hall–Kier alpha value is -2.61. The van der Waals surface area contributed by atoms with Gasteiger partial charge in [-0.15, -0.1) is 0 Å². The fraction of sp³-hybridized carbons (Fsp3) is 0.400. The maximum absolute atomic E-state index is 13.8. The van der Waals surface area contributed by atoms with Gasteiger partial charge in [-0.05, 0) is 29.7 Å². The van der Waals surface area contributed by atoms with E-state index in [4.69, 9.17) is 27.9 Å². The summed E-state index contributed by atoms with van der Waals surface area (Å²) in [5, 5.41) is 10.2. The van der Waals surface area contributed by atoms with Crippen molar-refractivity contribution in [2.45, 2.75) is 39.9 Å². The first kappa shape index (κ1) is 26.0. The van der Waals surface area contributed by atoms with Crippen molar-refractivity contribution in [2.75, 3.05) is 24.5 Å². The topological polar surface area (TPSA) is 87.2 Å². The van der Waals surface area contributed by atoms with Gasteiger partial charge in [-0.25, -0.2) is 0 Å². The van der Waals surface area contributed by atoms with Crippen molar-refractivity contribution in [1.29, 1.82) is 0 Å². The van der Waals surface area contributed by atoms with E-state index >= 15 is 0 Å². The molecule has 0 fully saturated rings. The molecule has 9 heteroatoms. The number of carboxylic acid groups (broad SMARTS) is 1. The Morgan fingerprint density at radius 2 is 1.79 bits per heavy atom. The van der Waals surface area contributed by atoms with Crippen LogP contribution in [0.15, 0.2) is 42.5 Å². The molecule has 0 aromatic heterocycles. The van der Waals surface area contributed by atoms with Crippen molar-refractivity contribution in [3.05, 3.63) is 63.6 Å². The summed E-state index contributed by atoms with van der Waals surface area (Å²) in [4.78, 5) is 40.1. The number of carbonyl (C=O) groups excluding carboxylic acids is 2. The lowest BCUT2D eigenvalue weighted by Gasteiger charge is -2.32. The fourth-order valence-corrected chi connectivity index (χ4v) is 4.34. The minimum atomic E-state index is -1.18. The molecule has 2 amide bonds. The van der Waals surface area contributed by atoms with Gasteiger partial charge in [-0.1, -0.05) is 62.2 Å². The third-order valence-corrected chi connectivity index (χ3v) is 5.96. The van der Waals surface area contributed by atoms with Gasteiger partial charge < -0.3 is 19.6 Å². The molecule has 1 aliphatic heterocycles. The molecular weight excluding hydrogens is 479 g/mol. The number of rotatable bonds is 6. The average Bonchev–Trinajstić information content (AvgIpc) is 2.82. The maximum atomic E-state index is 13.8. The number of aliphatic carboxylic acids is 1. The van der Waals surface area contributed by atoms with Gasteiger partial charge in [0, 0.05) is 40.3 Å². The fourth-order valence-electron chi connectivity index (χ4n) is 3.92. The van der Waals surface area contributed by atoms with Gasteiger partial charge in [0.25, 0.3) is 5.91 Å². The zero-order valence-electron chi connectivity index (χ0n) is 19.5. The van der Waals surface area contributed by atoms with Crippen LogP contribution >= 0.6 is 23.2 Å². The lowest BCUT2D eigenvalue weighted by atomic mass is 9.94. The molecule has 7 nitrogen and oxygen atoms in total. The number of amides is 2. The first-order valence-corrected chi connectivity index (χ1v) is 11.6. The van der Waals surface area contributed by atoms with E-state index in [0.29, 0.717) is 33.4 Å². The molecule has 0 saturated carbocycles. The Morgan fingerprint density at radius 3 is 2.38 bits per heavy atom. The lowest BCUT2D eigenvalue weighted by Crippen LogP contribution is -2.49. The summed E-state index contributed by atoms with van der Waals surface area (Å²) in [5.74, 6) is -2.02. The number of carboxylic acids is 1. The van der Waals surface area contributed by atoms with Crippen LogP contribution in [0.25, 0.3) is 0 Å². The van der Waals surface area contributed by atoms with E-state index in [0.717, 1.165) is 4.90 Å². The molecule has 0 radical (unpaired) electrons. The van der Waals surface area contributed by atoms with Crippen LogP contribution < -0.4 is 4.90 Å². The predicted octanol–water partition coefficient (Wildman–Crippen LogP) is 4.79. The summed E-state index contributed by atoms with van der Waals surface area (Å²) < 4.78 is 6.36. The largest absolute Gasteiger partial charge is 0.480 e. The van der Waals surface area contributed by atoms with Crippen LogP contribution in [-0.4, -0.2) is 53.5 Å². The first-order chi connectivity index (χ1) is 15.9. The van der Waals surface area contributed by atoms with Crippen molar-refractivity contribution in [1.82, 2.24) is 4.90 Å². The lowest BCUT2D eigenvalue weighted by molar-refractivity contribution is -0.147. The molecule has 34 heavy (non-hydrogen) atoms. The van der Waals surface area contributed by atoms with Crippen LogP contribution in [0.1, 0.15) is 44.9 Å². The molecule has 0 saturated heterocycles. The third-order valence-electron chi connectivity index (χ3n) is 5.38. The second-order valence-electron chi connectivity index (χ2n) is 9.51. The number of fused-ring (bicyclic) bond motifs is 1. The average molecular weight is 507 g/mol. The highest BCUT2D eigenvalue weighted by molar-refractivity contribution is 6.31. The number of halogens is 2. The molecule has 1 heterocycles. The monoisotopic (exact) mass is 506 g/mol. The maximum Gasteiger partial charge on any atom is 0.323 e. The van der Waals surface area contributed by atoms with Crippen LogP contribution in [0.4, 0.5) is 5.69 Å². The summed E-state index contributed by atoms with van der Waals surface area (Å²) >= 11 is 12.9. The first-order valence-electron chi connectivity index (χ1n) is 10.9. The second kappa shape index (κ2) is 10.3. The highest BCUT2D eigenvalue weighted by atomic mass is 35.5. The van der Waals surface area contributed by atoms with Crippen LogP contribution in [0.3, 0.4) is 0 Å². The zero-order valence-corrected chi connectivity index (χ0v) is 21.1. The van der Waals surface area contributed by atoms with Crippen molar-refractivity contribution in [3.8, 4) is 0 Å². The SMILES string of the molecule is CC(=O)N(CC(=O)O)CC1OC(c2ccccc2Cl)c2cc(Cl)ccc2N(CC(C)(C)C)C1=O. The predicted molar refractivity (Wildman–Crippen MR) is 131 cm³/mol. The van der Waals surface area contributed by atoms with Gasteiger partial charge in [0.15, 0.2) is 6.10 Å². The Morgan fingerprint density at radius 1 is 1.12 bits per heavy atom. The number of hydrogen-bond acceptors (Lipinski definition) is 4. The van der Waals surface area contributed by atoms with Crippen LogP contribution in [0.5, 0.6) is 0 Å².